The highest BCUT2D eigenvalue weighted by Crippen LogP contribution is 2.19. The summed E-state index contributed by atoms with van der Waals surface area (Å²) >= 11 is 0. The fourth-order valence-electron chi connectivity index (χ4n) is 2.67. The third-order valence-electron chi connectivity index (χ3n) is 3.75. The van der Waals surface area contributed by atoms with Crippen LogP contribution in [-0.2, 0) is 6.42 Å². The molecular formula is C14H19N3. The molecule has 0 aromatic carbocycles. The summed E-state index contributed by atoms with van der Waals surface area (Å²) in [5.74, 6) is 0.764. The van der Waals surface area contributed by atoms with Crippen LogP contribution < -0.4 is 5.32 Å². The van der Waals surface area contributed by atoms with Gasteiger partial charge < -0.3 is 9.72 Å². The van der Waals surface area contributed by atoms with E-state index in [-0.39, 0.29) is 0 Å². The Morgan fingerprint density at radius 3 is 3.06 bits per heavy atom. The van der Waals surface area contributed by atoms with Gasteiger partial charge in [-0.15, -0.1) is 0 Å². The van der Waals surface area contributed by atoms with E-state index in [1.807, 2.05) is 0 Å². The largest absolute Gasteiger partial charge is 0.316 e. The molecule has 0 amide bonds. The topological polar surface area (TPSA) is 29.3 Å². The van der Waals surface area contributed by atoms with Crippen molar-refractivity contribution in [1.82, 2.24) is 14.7 Å². The van der Waals surface area contributed by atoms with Crippen molar-refractivity contribution in [1.29, 1.82) is 0 Å². The lowest BCUT2D eigenvalue weighted by Crippen LogP contribution is -2.11. The summed E-state index contributed by atoms with van der Waals surface area (Å²) in [4.78, 5) is 4.75. The Hall–Kier alpha value is -1.35. The molecule has 1 aliphatic heterocycles. The van der Waals surface area contributed by atoms with Gasteiger partial charge in [-0.05, 0) is 57.3 Å². The summed E-state index contributed by atoms with van der Waals surface area (Å²) < 4.78 is 2.22. The van der Waals surface area contributed by atoms with Gasteiger partial charge in [0.05, 0.1) is 5.69 Å². The van der Waals surface area contributed by atoms with Gasteiger partial charge in [0.1, 0.15) is 5.65 Å². The minimum Gasteiger partial charge on any atom is -0.316 e. The van der Waals surface area contributed by atoms with Crippen LogP contribution >= 0.6 is 0 Å². The second-order valence-electron chi connectivity index (χ2n) is 5.14. The van der Waals surface area contributed by atoms with Crippen LogP contribution in [0.15, 0.2) is 18.3 Å². The molecule has 1 aliphatic rings. The first-order valence-electron chi connectivity index (χ1n) is 6.39. The van der Waals surface area contributed by atoms with E-state index in [0.29, 0.717) is 0 Å². The van der Waals surface area contributed by atoms with Crippen molar-refractivity contribution in [3.63, 3.8) is 0 Å². The number of fused-ring (bicyclic) bond motifs is 1. The van der Waals surface area contributed by atoms with Gasteiger partial charge in [-0.1, -0.05) is 6.07 Å². The van der Waals surface area contributed by atoms with Gasteiger partial charge in [0.2, 0.25) is 0 Å². The maximum Gasteiger partial charge on any atom is 0.137 e. The number of pyridine rings is 1. The quantitative estimate of drug-likeness (QED) is 0.854. The molecule has 3 rings (SSSR count). The molecule has 0 spiro atoms. The number of aryl methyl sites for hydroxylation is 2. The summed E-state index contributed by atoms with van der Waals surface area (Å²) in [7, 11) is 0. The van der Waals surface area contributed by atoms with Crippen molar-refractivity contribution in [3.05, 3.63) is 35.3 Å². The molecule has 2 aromatic rings. The molecule has 0 saturated carbocycles. The number of hydrogen-bond donors (Lipinski definition) is 1. The molecule has 3 heteroatoms. The van der Waals surface area contributed by atoms with Crippen molar-refractivity contribution in [3.8, 4) is 0 Å². The Labute approximate surface area is 102 Å². The van der Waals surface area contributed by atoms with Crippen molar-refractivity contribution >= 4 is 5.65 Å². The summed E-state index contributed by atoms with van der Waals surface area (Å²) in [5.41, 5.74) is 4.93. The lowest BCUT2D eigenvalue weighted by atomic mass is 10.0. The third kappa shape index (κ3) is 1.95. The van der Waals surface area contributed by atoms with Crippen LogP contribution in [-0.4, -0.2) is 22.5 Å². The number of nitrogens with one attached hydrogen (secondary N) is 1. The van der Waals surface area contributed by atoms with Crippen LogP contribution in [0.1, 0.15) is 23.4 Å². The molecule has 0 radical (unpaired) electrons. The maximum absolute atomic E-state index is 4.75. The number of imidazole rings is 1. The monoisotopic (exact) mass is 229 g/mol. The molecule has 1 atom stereocenters. The minimum atomic E-state index is 0.764. The number of hydrogen-bond acceptors (Lipinski definition) is 2. The van der Waals surface area contributed by atoms with Crippen molar-refractivity contribution in [2.45, 2.75) is 26.7 Å². The van der Waals surface area contributed by atoms with Crippen LogP contribution in [0.2, 0.25) is 0 Å². The van der Waals surface area contributed by atoms with E-state index in [9.17, 15) is 0 Å². The second-order valence-corrected chi connectivity index (χ2v) is 5.14. The predicted molar refractivity (Wildman–Crippen MR) is 69.3 cm³/mol. The first-order chi connectivity index (χ1) is 8.24. The fourth-order valence-corrected chi connectivity index (χ4v) is 2.67. The standard InChI is InChI=1S/C14H19N3/c1-10-3-4-14-16-13(11(2)17(14)9-10)7-12-5-6-15-8-12/h3-4,9,12,15H,5-8H2,1-2H3. The summed E-state index contributed by atoms with van der Waals surface area (Å²) in [6.45, 7) is 6.61. The van der Waals surface area contributed by atoms with Crippen LogP contribution in [0.3, 0.4) is 0 Å². The zero-order chi connectivity index (χ0) is 11.8. The third-order valence-corrected chi connectivity index (χ3v) is 3.75. The lowest BCUT2D eigenvalue weighted by Gasteiger charge is -2.06. The number of nitrogens with zero attached hydrogens (tertiary/aromatic N) is 2. The molecule has 3 nitrogen and oxygen atoms in total. The van der Waals surface area contributed by atoms with E-state index in [1.54, 1.807) is 0 Å². The number of rotatable bonds is 2. The van der Waals surface area contributed by atoms with Crippen LogP contribution in [0.5, 0.6) is 0 Å². The highest BCUT2D eigenvalue weighted by atomic mass is 15.0. The fraction of sp³-hybridized carbons (Fsp3) is 0.500. The van der Waals surface area contributed by atoms with Crippen LogP contribution in [0.25, 0.3) is 5.65 Å². The summed E-state index contributed by atoms with van der Waals surface area (Å²) in [6.07, 6.45) is 4.57. The molecule has 0 aliphatic carbocycles. The van der Waals surface area contributed by atoms with Crippen LogP contribution in [0.4, 0.5) is 0 Å². The van der Waals surface area contributed by atoms with E-state index in [0.717, 1.165) is 31.1 Å². The SMILES string of the molecule is Cc1ccc2nc(CC3CCNC3)c(C)n2c1. The maximum atomic E-state index is 4.75. The average Bonchev–Trinajstić information content (AvgIpc) is 2.91. The zero-order valence-electron chi connectivity index (χ0n) is 10.5. The molecule has 17 heavy (non-hydrogen) atoms. The lowest BCUT2D eigenvalue weighted by molar-refractivity contribution is 0.571. The van der Waals surface area contributed by atoms with Crippen molar-refractivity contribution in [2.24, 2.45) is 5.92 Å². The van der Waals surface area contributed by atoms with E-state index >= 15 is 0 Å². The Bertz CT molecular complexity index is 536. The van der Waals surface area contributed by atoms with Crippen molar-refractivity contribution in [2.75, 3.05) is 13.1 Å². The highest BCUT2D eigenvalue weighted by Gasteiger charge is 2.18. The van der Waals surface area contributed by atoms with E-state index in [1.165, 1.54) is 23.4 Å². The van der Waals surface area contributed by atoms with Gasteiger partial charge in [0.25, 0.3) is 0 Å². The first-order valence-corrected chi connectivity index (χ1v) is 6.39. The molecule has 1 unspecified atom stereocenters. The normalized spacial score (nSPS) is 20.2. The van der Waals surface area contributed by atoms with Crippen molar-refractivity contribution < 1.29 is 0 Å². The van der Waals surface area contributed by atoms with Crippen LogP contribution in [0, 0.1) is 19.8 Å². The molecule has 1 N–H and O–H groups in total. The van der Waals surface area contributed by atoms with Gasteiger partial charge in [-0.2, -0.15) is 0 Å². The van der Waals surface area contributed by atoms with Gasteiger partial charge in [-0.3, -0.25) is 0 Å². The average molecular weight is 229 g/mol. The first kappa shape index (κ1) is 10.8. The van der Waals surface area contributed by atoms with Gasteiger partial charge >= 0.3 is 0 Å². The highest BCUT2D eigenvalue weighted by molar-refractivity contribution is 5.44. The summed E-state index contributed by atoms with van der Waals surface area (Å²) in [6, 6.07) is 4.24. The Balaban J connectivity index is 1.96. The van der Waals surface area contributed by atoms with Gasteiger partial charge in [-0.25, -0.2) is 4.98 Å². The van der Waals surface area contributed by atoms with Gasteiger partial charge in [0.15, 0.2) is 0 Å². The molecule has 0 bridgehead atoms. The molecular weight excluding hydrogens is 210 g/mol. The predicted octanol–water partition coefficient (Wildman–Crippen LogP) is 2.10. The minimum absolute atomic E-state index is 0.764. The Kier molecular flexibility index (Phi) is 2.63. The zero-order valence-corrected chi connectivity index (χ0v) is 10.5. The van der Waals surface area contributed by atoms with E-state index in [2.05, 4.69) is 41.9 Å². The summed E-state index contributed by atoms with van der Waals surface area (Å²) in [5, 5.41) is 3.42. The van der Waals surface area contributed by atoms with Gasteiger partial charge in [0, 0.05) is 11.9 Å². The molecule has 3 heterocycles. The molecule has 90 valence electrons. The smallest absolute Gasteiger partial charge is 0.137 e. The second kappa shape index (κ2) is 4.15. The Morgan fingerprint density at radius 1 is 1.41 bits per heavy atom. The van der Waals surface area contributed by atoms with E-state index in [4.69, 9.17) is 4.98 Å². The molecule has 1 fully saturated rings. The number of aromatic nitrogens is 2. The molecule has 2 aromatic heterocycles. The molecule has 1 saturated heterocycles. The van der Waals surface area contributed by atoms with E-state index < -0.39 is 0 Å². The Morgan fingerprint density at radius 2 is 2.29 bits per heavy atom.